The van der Waals surface area contributed by atoms with E-state index in [4.69, 9.17) is 9.47 Å². The van der Waals surface area contributed by atoms with Gasteiger partial charge in [-0.3, -0.25) is 0 Å². The lowest BCUT2D eigenvalue weighted by Gasteiger charge is -2.04. The average molecular weight is 387 g/mol. The van der Waals surface area contributed by atoms with Crippen molar-refractivity contribution < 1.29 is 9.47 Å². The van der Waals surface area contributed by atoms with Crippen LogP contribution in [0.3, 0.4) is 0 Å². The average Bonchev–Trinajstić information content (AvgIpc) is 2.73. The molecule has 1 rings (SSSR count). The first kappa shape index (κ1) is 24.7. The van der Waals surface area contributed by atoms with Crippen LogP contribution in [0, 0.1) is 0 Å². The first-order valence-electron chi connectivity index (χ1n) is 11.4. The van der Waals surface area contributed by atoms with Crippen LogP contribution in [-0.2, 0) is 16.1 Å². The van der Waals surface area contributed by atoms with Crippen molar-refractivity contribution in [3.63, 3.8) is 0 Å². The van der Waals surface area contributed by atoms with Crippen molar-refractivity contribution in [1.82, 2.24) is 0 Å². The zero-order valence-corrected chi connectivity index (χ0v) is 18.1. The van der Waals surface area contributed by atoms with Crippen LogP contribution in [0.1, 0.15) is 89.5 Å². The van der Waals surface area contributed by atoms with Gasteiger partial charge in [-0.2, -0.15) is 0 Å². The van der Waals surface area contributed by atoms with Gasteiger partial charge in [-0.25, -0.2) is 0 Å². The normalized spacial score (nSPS) is 11.8. The largest absolute Gasteiger partial charge is 0.355 e. The van der Waals surface area contributed by atoms with Gasteiger partial charge in [-0.05, 0) is 44.1 Å². The number of ether oxygens (including phenoxy) is 2. The monoisotopic (exact) mass is 386 g/mol. The first-order chi connectivity index (χ1) is 13.9. The maximum Gasteiger partial charge on any atom is 0.147 e. The molecule has 0 aliphatic heterocycles. The molecule has 0 unspecified atom stereocenters. The second-order valence-corrected chi connectivity index (χ2v) is 7.43. The predicted octanol–water partition coefficient (Wildman–Crippen LogP) is 7.99. The van der Waals surface area contributed by atoms with Gasteiger partial charge in [0.1, 0.15) is 6.79 Å². The van der Waals surface area contributed by atoms with Gasteiger partial charge < -0.3 is 9.47 Å². The maximum absolute atomic E-state index is 5.50. The van der Waals surface area contributed by atoms with Gasteiger partial charge in [0.25, 0.3) is 0 Å². The lowest BCUT2D eigenvalue weighted by Crippen LogP contribution is -2.01. The summed E-state index contributed by atoms with van der Waals surface area (Å²) in [5.74, 6) is 0. The Bertz CT molecular complexity index is 478. The van der Waals surface area contributed by atoms with Gasteiger partial charge in [0.2, 0.25) is 0 Å². The molecule has 0 amide bonds. The summed E-state index contributed by atoms with van der Waals surface area (Å²) in [6, 6.07) is 10.2. The third-order valence-electron chi connectivity index (χ3n) is 4.76. The molecule has 0 fully saturated rings. The van der Waals surface area contributed by atoms with Crippen molar-refractivity contribution in [2.24, 2.45) is 0 Å². The molecule has 0 radical (unpaired) electrons. The third kappa shape index (κ3) is 16.8. The van der Waals surface area contributed by atoms with E-state index in [-0.39, 0.29) is 0 Å². The van der Waals surface area contributed by atoms with Crippen LogP contribution >= 0.6 is 0 Å². The minimum atomic E-state index is 0.372. The first-order valence-corrected chi connectivity index (χ1v) is 11.4. The quantitative estimate of drug-likeness (QED) is 0.136. The van der Waals surface area contributed by atoms with Crippen molar-refractivity contribution in [3.8, 4) is 0 Å². The molecule has 0 spiro atoms. The van der Waals surface area contributed by atoms with Crippen molar-refractivity contribution in [3.05, 3.63) is 60.2 Å². The Kier molecular flexibility index (Phi) is 17.9. The molecule has 0 aliphatic carbocycles. The highest BCUT2D eigenvalue weighted by Gasteiger charge is 1.92. The summed E-state index contributed by atoms with van der Waals surface area (Å²) in [6.07, 6.45) is 24.8. The molecule has 158 valence electrons. The van der Waals surface area contributed by atoms with Crippen LogP contribution in [0.2, 0.25) is 0 Å². The maximum atomic E-state index is 5.50. The number of hydrogen-bond acceptors (Lipinski definition) is 2. The van der Waals surface area contributed by atoms with E-state index in [1.807, 2.05) is 18.2 Å². The van der Waals surface area contributed by atoms with E-state index in [9.17, 15) is 0 Å². The van der Waals surface area contributed by atoms with Crippen molar-refractivity contribution >= 4 is 0 Å². The van der Waals surface area contributed by atoms with Gasteiger partial charge in [0, 0.05) is 0 Å². The second-order valence-electron chi connectivity index (χ2n) is 7.43. The lowest BCUT2D eigenvalue weighted by atomic mass is 10.1. The Morgan fingerprint density at radius 2 is 1.21 bits per heavy atom. The molecule has 1 aromatic carbocycles. The Morgan fingerprint density at radius 1 is 0.643 bits per heavy atom. The van der Waals surface area contributed by atoms with E-state index in [1.54, 1.807) is 0 Å². The Morgan fingerprint density at radius 3 is 1.86 bits per heavy atom. The number of benzene rings is 1. The molecular formula is C26H42O2. The van der Waals surface area contributed by atoms with Crippen LogP contribution < -0.4 is 0 Å². The van der Waals surface area contributed by atoms with Gasteiger partial charge >= 0.3 is 0 Å². The summed E-state index contributed by atoms with van der Waals surface area (Å²) in [6.45, 7) is 3.98. The Labute approximate surface area is 174 Å². The third-order valence-corrected chi connectivity index (χ3v) is 4.76. The van der Waals surface area contributed by atoms with E-state index < -0.39 is 0 Å². The summed E-state index contributed by atoms with van der Waals surface area (Å²) in [5.41, 5.74) is 1.19. The molecule has 0 aliphatic rings. The SMILES string of the molecule is CCCC/C=C\CCCCCCCC/C=C\CCOCOCc1ccccc1. The van der Waals surface area contributed by atoms with Crippen molar-refractivity contribution in [2.75, 3.05) is 13.4 Å². The van der Waals surface area contributed by atoms with Crippen LogP contribution in [0.25, 0.3) is 0 Å². The molecule has 28 heavy (non-hydrogen) atoms. The zero-order valence-electron chi connectivity index (χ0n) is 18.1. The van der Waals surface area contributed by atoms with Gasteiger partial charge in [-0.1, -0.05) is 100 Å². The van der Waals surface area contributed by atoms with Crippen LogP contribution in [0.5, 0.6) is 0 Å². The zero-order chi connectivity index (χ0) is 20.0. The highest BCUT2D eigenvalue weighted by molar-refractivity contribution is 5.13. The molecule has 1 aromatic rings. The van der Waals surface area contributed by atoms with E-state index in [2.05, 4.69) is 43.4 Å². The second kappa shape index (κ2) is 20.4. The van der Waals surface area contributed by atoms with E-state index in [0.717, 1.165) is 13.0 Å². The van der Waals surface area contributed by atoms with E-state index >= 15 is 0 Å². The van der Waals surface area contributed by atoms with E-state index in [0.29, 0.717) is 13.4 Å². The molecule has 0 aromatic heterocycles. The Balaban J connectivity index is 1.75. The fraction of sp³-hybridized carbons (Fsp3) is 0.615. The van der Waals surface area contributed by atoms with Gasteiger partial charge in [-0.15, -0.1) is 0 Å². The molecular weight excluding hydrogens is 344 g/mol. The molecule has 2 nitrogen and oxygen atoms in total. The van der Waals surface area contributed by atoms with Crippen LogP contribution in [0.4, 0.5) is 0 Å². The van der Waals surface area contributed by atoms with Crippen molar-refractivity contribution in [2.45, 2.75) is 90.6 Å². The summed E-state index contributed by atoms with van der Waals surface area (Å²) in [7, 11) is 0. The van der Waals surface area contributed by atoms with Gasteiger partial charge in [0.15, 0.2) is 0 Å². The number of allylic oxidation sites excluding steroid dienone is 3. The smallest absolute Gasteiger partial charge is 0.147 e. The summed E-state index contributed by atoms with van der Waals surface area (Å²) in [4.78, 5) is 0. The fourth-order valence-corrected chi connectivity index (χ4v) is 3.03. The van der Waals surface area contributed by atoms with Crippen LogP contribution in [-0.4, -0.2) is 13.4 Å². The number of unbranched alkanes of at least 4 members (excludes halogenated alkanes) is 9. The topological polar surface area (TPSA) is 18.5 Å². The fourth-order valence-electron chi connectivity index (χ4n) is 3.03. The predicted molar refractivity (Wildman–Crippen MR) is 121 cm³/mol. The van der Waals surface area contributed by atoms with Crippen LogP contribution in [0.15, 0.2) is 54.6 Å². The molecule has 0 heterocycles. The standard InChI is InChI=1S/C26H42O2/c1-2-3-4-5-6-7-8-9-10-11-12-13-14-15-16-20-23-27-25-28-24-26-21-18-17-19-22-26/h5-6,15-19,21-22H,2-4,7-14,20,23-25H2,1H3/b6-5-,16-15-. The Hall–Kier alpha value is -1.38. The minimum absolute atomic E-state index is 0.372. The number of rotatable bonds is 19. The van der Waals surface area contributed by atoms with E-state index in [1.165, 1.54) is 76.2 Å². The molecule has 0 atom stereocenters. The molecule has 0 bridgehead atoms. The van der Waals surface area contributed by atoms with Crippen molar-refractivity contribution in [1.29, 1.82) is 0 Å². The lowest BCUT2D eigenvalue weighted by molar-refractivity contribution is -0.0600. The summed E-state index contributed by atoms with van der Waals surface area (Å²) < 4.78 is 11.0. The minimum Gasteiger partial charge on any atom is -0.355 e. The number of hydrogen-bond donors (Lipinski definition) is 0. The highest BCUT2D eigenvalue weighted by atomic mass is 16.7. The molecule has 0 N–H and O–H groups in total. The molecule has 0 saturated heterocycles. The highest BCUT2D eigenvalue weighted by Crippen LogP contribution is 2.10. The van der Waals surface area contributed by atoms with Gasteiger partial charge in [0.05, 0.1) is 13.2 Å². The molecule has 2 heteroatoms. The molecule has 0 saturated carbocycles. The summed E-state index contributed by atoms with van der Waals surface area (Å²) >= 11 is 0. The summed E-state index contributed by atoms with van der Waals surface area (Å²) in [5, 5.41) is 0.